The molecule has 1 aliphatic rings. The van der Waals surface area contributed by atoms with E-state index in [4.69, 9.17) is 22.1 Å². The zero-order valence-corrected chi connectivity index (χ0v) is 11.0. The first-order valence-corrected chi connectivity index (χ1v) is 6.60. The maximum absolute atomic E-state index is 6.27. The first-order chi connectivity index (χ1) is 8.68. The lowest BCUT2D eigenvalue weighted by molar-refractivity contribution is 0.0752. The van der Waals surface area contributed by atoms with Crippen molar-refractivity contribution in [3.05, 3.63) is 23.2 Å². The SMILES string of the molecule is CC(C1CCCO1)n1c(N)nc2cccc(Cl)c21. The summed E-state index contributed by atoms with van der Waals surface area (Å²) in [4.78, 5) is 4.37. The van der Waals surface area contributed by atoms with Gasteiger partial charge in [-0.3, -0.25) is 0 Å². The highest BCUT2D eigenvalue weighted by Crippen LogP contribution is 2.33. The molecule has 1 fully saturated rings. The Morgan fingerprint density at radius 2 is 2.39 bits per heavy atom. The Morgan fingerprint density at radius 3 is 3.11 bits per heavy atom. The minimum Gasteiger partial charge on any atom is -0.376 e. The molecule has 2 N–H and O–H groups in total. The van der Waals surface area contributed by atoms with Crippen LogP contribution >= 0.6 is 11.6 Å². The molecular weight excluding hydrogens is 250 g/mol. The van der Waals surface area contributed by atoms with Crippen LogP contribution in [0.4, 0.5) is 5.95 Å². The molecule has 18 heavy (non-hydrogen) atoms. The highest BCUT2D eigenvalue weighted by atomic mass is 35.5. The van der Waals surface area contributed by atoms with Crippen LogP contribution < -0.4 is 5.73 Å². The van der Waals surface area contributed by atoms with Crippen molar-refractivity contribution in [2.75, 3.05) is 12.3 Å². The molecule has 0 aliphatic carbocycles. The molecule has 0 spiro atoms. The number of para-hydroxylation sites is 1. The third-order valence-electron chi connectivity index (χ3n) is 3.60. The number of anilines is 1. The third kappa shape index (κ3) is 1.76. The van der Waals surface area contributed by atoms with Gasteiger partial charge in [-0.05, 0) is 31.9 Å². The number of nitrogens with zero attached hydrogens (tertiary/aromatic N) is 2. The Morgan fingerprint density at radius 1 is 1.56 bits per heavy atom. The Balaban J connectivity index is 2.12. The van der Waals surface area contributed by atoms with Gasteiger partial charge in [0.2, 0.25) is 5.95 Å². The molecule has 3 rings (SSSR count). The van der Waals surface area contributed by atoms with Crippen molar-refractivity contribution in [3.8, 4) is 0 Å². The van der Waals surface area contributed by atoms with Gasteiger partial charge in [0, 0.05) is 6.61 Å². The molecule has 96 valence electrons. The number of benzene rings is 1. The predicted molar refractivity (Wildman–Crippen MR) is 72.8 cm³/mol. The van der Waals surface area contributed by atoms with Crippen LogP contribution in [0.5, 0.6) is 0 Å². The molecule has 2 aromatic rings. The van der Waals surface area contributed by atoms with E-state index < -0.39 is 0 Å². The Kier molecular flexibility index (Phi) is 2.92. The normalized spacial score (nSPS) is 21.6. The summed E-state index contributed by atoms with van der Waals surface area (Å²) in [5.41, 5.74) is 7.77. The smallest absolute Gasteiger partial charge is 0.201 e. The van der Waals surface area contributed by atoms with Crippen LogP contribution in [-0.4, -0.2) is 22.3 Å². The van der Waals surface area contributed by atoms with Gasteiger partial charge in [-0.1, -0.05) is 17.7 Å². The number of nitrogen functional groups attached to an aromatic ring is 1. The lowest BCUT2D eigenvalue weighted by Crippen LogP contribution is -2.22. The summed E-state index contributed by atoms with van der Waals surface area (Å²) < 4.78 is 7.73. The van der Waals surface area contributed by atoms with Crippen molar-refractivity contribution >= 4 is 28.6 Å². The highest BCUT2D eigenvalue weighted by Gasteiger charge is 2.27. The van der Waals surface area contributed by atoms with Crippen molar-refractivity contribution in [1.29, 1.82) is 0 Å². The largest absolute Gasteiger partial charge is 0.376 e. The Bertz CT molecular complexity index is 575. The maximum atomic E-state index is 6.27. The molecule has 1 aromatic heterocycles. The van der Waals surface area contributed by atoms with Crippen LogP contribution in [0.3, 0.4) is 0 Å². The lowest BCUT2D eigenvalue weighted by Gasteiger charge is -2.22. The average molecular weight is 266 g/mol. The first kappa shape index (κ1) is 11.8. The van der Waals surface area contributed by atoms with Gasteiger partial charge in [-0.2, -0.15) is 0 Å². The molecule has 2 heterocycles. The maximum Gasteiger partial charge on any atom is 0.201 e. The van der Waals surface area contributed by atoms with Crippen molar-refractivity contribution in [2.45, 2.75) is 31.9 Å². The molecule has 1 aromatic carbocycles. The van der Waals surface area contributed by atoms with Crippen LogP contribution in [0.1, 0.15) is 25.8 Å². The monoisotopic (exact) mass is 265 g/mol. The van der Waals surface area contributed by atoms with Crippen LogP contribution in [-0.2, 0) is 4.74 Å². The zero-order chi connectivity index (χ0) is 12.7. The van der Waals surface area contributed by atoms with E-state index >= 15 is 0 Å². The summed E-state index contributed by atoms with van der Waals surface area (Å²) in [5, 5.41) is 0.682. The molecule has 2 atom stereocenters. The number of fused-ring (bicyclic) bond motifs is 1. The van der Waals surface area contributed by atoms with Gasteiger partial charge in [0.15, 0.2) is 0 Å². The van der Waals surface area contributed by atoms with Gasteiger partial charge in [-0.25, -0.2) is 4.98 Å². The molecule has 0 bridgehead atoms. The molecule has 1 aliphatic heterocycles. The number of imidazole rings is 1. The minimum atomic E-state index is 0.150. The van der Waals surface area contributed by atoms with E-state index in [2.05, 4.69) is 11.9 Å². The second kappa shape index (κ2) is 4.44. The molecular formula is C13H16ClN3O. The van der Waals surface area contributed by atoms with E-state index in [0.717, 1.165) is 30.5 Å². The summed E-state index contributed by atoms with van der Waals surface area (Å²) in [6, 6.07) is 5.83. The standard InChI is InChI=1S/C13H16ClN3O/c1-8(11-6-3-7-18-11)17-12-9(14)4-2-5-10(12)16-13(17)15/h2,4-5,8,11H,3,6-7H2,1H3,(H2,15,16). The quantitative estimate of drug-likeness (QED) is 0.908. The van der Waals surface area contributed by atoms with Gasteiger partial charge in [-0.15, -0.1) is 0 Å². The molecule has 0 saturated carbocycles. The lowest BCUT2D eigenvalue weighted by atomic mass is 10.1. The number of halogens is 1. The summed E-state index contributed by atoms with van der Waals surface area (Å²) >= 11 is 6.27. The predicted octanol–water partition coefficient (Wildman–Crippen LogP) is 3.01. The second-order valence-corrected chi connectivity index (χ2v) is 5.15. The summed E-state index contributed by atoms with van der Waals surface area (Å²) in [7, 11) is 0. The van der Waals surface area contributed by atoms with Gasteiger partial charge >= 0.3 is 0 Å². The number of hydrogen-bond donors (Lipinski definition) is 1. The highest BCUT2D eigenvalue weighted by molar-refractivity contribution is 6.35. The van der Waals surface area contributed by atoms with Crippen LogP contribution in [0, 0.1) is 0 Å². The van der Waals surface area contributed by atoms with Gasteiger partial charge < -0.3 is 15.0 Å². The fourth-order valence-electron chi connectivity index (χ4n) is 2.69. The van der Waals surface area contributed by atoms with Gasteiger partial charge in [0.05, 0.1) is 28.2 Å². The van der Waals surface area contributed by atoms with E-state index in [0.29, 0.717) is 11.0 Å². The van der Waals surface area contributed by atoms with Gasteiger partial charge in [0.1, 0.15) is 0 Å². The fourth-order valence-corrected chi connectivity index (χ4v) is 2.95. The van der Waals surface area contributed by atoms with E-state index in [1.165, 1.54) is 0 Å². The number of rotatable bonds is 2. The topological polar surface area (TPSA) is 53.1 Å². The van der Waals surface area contributed by atoms with Crippen molar-refractivity contribution < 1.29 is 4.74 Å². The van der Waals surface area contributed by atoms with Crippen molar-refractivity contribution in [2.24, 2.45) is 0 Å². The summed E-state index contributed by atoms with van der Waals surface area (Å²) in [6.07, 6.45) is 2.36. The van der Waals surface area contributed by atoms with Crippen LogP contribution in [0.25, 0.3) is 11.0 Å². The molecule has 5 heteroatoms. The van der Waals surface area contributed by atoms with E-state index in [1.54, 1.807) is 0 Å². The molecule has 2 unspecified atom stereocenters. The molecule has 1 saturated heterocycles. The summed E-state index contributed by atoms with van der Waals surface area (Å²) in [5.74, 6) is 0.501. The van der Waals surface area contributed by atoms with Crippen LogP contribution in [0.15, 0.2) is 18.2 Å². The van der Waals surface area contributed by atoms with Gasteiger partial charge in [0.25, 0.3) is 0 Å². The second-order valence-electron chi connectivity index (χ2n) is 4.74. The van der Waals surface area contributed by atoms with Crippen LogP contribution in [0.2, 0.25) is 5.02 Å². The van der Waals surface area contributed by atoms with E-state index in [9.17, 15) is 0 Å². The summed E-state index contributed by atoms with van der Waals surface area (Å²) in [6.45, 7) is 2.94. The Labute approximate surface area is 111 Å². The van der Waals surface area contributed by atoms with Crippen molar-refractivity contribution in [3.63, 3.8) is 0 Å². The van der Waals surface area contributed by atoms with E-state index in [1.807, 2.05) is 22.8 Å². The Hall–Kier alpha value is -1.26. The molecule has 4 nitrogen and oxygen atoms in total. The fraction of sp³-hybridized carbons (Fsp3) is 0.462. The van der Waals surface area contributed by atoms with Crippen molar-refractivity contribution in [1.82, 2.24) is 9.55 Å². The number of ether oxygens (including phenoxy) is 1. The number of hydrogen-bond acceptors (Lipinski definition) is 3. The van der Waals surface area contributed by atoms with E-state index in [-0.39, 0.29) is 12.1 Å². The first-order valence-electron chi connectivity index (χ1n) is 6.22. The number of nitrogens with two attached hydrogens (primary N) is 1. The minimum absolute atomic E-state index is 0.150. The molecule has 0 amide bonds. The average Bonchev–Trinajstić information content (AvgIpc) is 2.95. The third-order valence-corrected chi connectivity index (χ3v) is 3.90. The zero-order valence-electron chi connectivity index (χ0n) is 10.3. The molecule has 0 radical (unpaired) electrons. The number of aromatic nitrogens is 2.